The third-order valence-corrected chi connectivity index (χ3v) is 5.46. The van der Waals surface area contributed by atoms with Crippen molar-refractivity contribution in [3.63, 3.8) is 0 Å². The molecule has 1 unspecified atom stereocenters. The predicted octanol–water partition coefficient (Wildman–Crippen LogP) is 2.61. The average Bonchev–Trinajstić information content (AvgIpc) is 2.69. The number of methoxy groups -OCH3 is 1. The fourth-order valence-electron chi connectivity index (χ4n) is 4.18. The monoisotopic (exact) mass is 395 g/mol. The van der Waals surface area contributed by atoms with E-state index in [1.54, 1.807) is 10.6 Å². The molecular formula is C22H21NO6. The van der Waals surface area contributed by atoms with Gasteiger partial charge in [-0.05, 0) is 36.8 Å². The van der Waals surface area contributed by atoms with Crippen molar-refractivity contribution in [3.05, 3.63) is 73.6 Å². The predicted molar refractivity (Wildman–Crippen MR) is 106 cm³/mol. The first-order chi connectivity index (χ1) is 13.9. The van der Waals surface area contributed by atoms with Gasteiger partial charge in [0.15, 0.2) is 0 Å². The fourth-order valence-corrected chi connectivity index (χ4v) is 4.18. The number of para-hydroxylation sites is 1. The van der Waals surface area contributed by atoms with Gasteiger partial charge in [0.05, 0.1) is 24.6 Å². The molecule has 0 bridgehead atoms. The Labute approximate surface area is 166 Å². The Morgan fingerprint density at radius 3 is 2.83 bits per heavy atom. The standard InChI is InChI=1S/C22H21NO6/c1-12-9-17(24)19(22(27)29-12)15(11-18(25)28-2)16-10-14-6-3-5-13-7-4-8-23(20(13)14)21(16)26/h3,5-6,9-10,15,24H,4,7-8,11H2,1-2H3. The summed E-state index contributed by atoms with van der Waals surface area (Å²) in [4.78, 5) is 38.0. The summed E-state index contributed by atoms with van der Waals surface area (Å²) in [6.45, 7) is 2.09. The molecule has 3 heterocycles. The summed E-state index contributed by atoms with van der Waals surface area (Å²) in [6.07, 6.45) is 1.46. The maximum absolute atomic E-state index is 13.4. The Kier molecular flexibility index (Phi) is 4.74. The van der Waals surface area contributed by atoms with Gasteiger partial charge in [-0.2, -0.15) is 0 Å². The highest BCUT2D eigenvalue weighted by Crippen LogP contribution is 2.33. The summed E-state index contributed by atoms with van der Waals surface area (Å²) in [6, 6.07) is 8.84. The number of hydrogen-bond donors (Lipinski definition) is 1. The lowest BCUT2D eigenvalue weighted by Crippen LogP contribution is -2.31. The molecule has 0 spiro atoms. The minimum absolute atomic E-state index is 0.114. The van der Waals surface area contributed by atoms with Crippen LogP contribution in [0.4, 0.5) is 0 Å². The molecular weight excluding hydrogens is 374 g/mol. The van der Waals surface area contributed by atoms with E-state index in [4.69, 9.17) is 9.15 Å². The van der Waals surface area contributed by atoms with Crippen LogP contribution in [0, 0.1) is 6.92 Å². The van der Waals surface area contributed by atoms with Crippen molar-refractivity contribution in [2.75, 3.05) is 7.11 Å². The zero-order valence-corrected chi connectivity index (χ0v) is 16.2. The topological polar surface area (TPSA) is 98.7 Å². The molecule has 0 saturated heterocycles. The van der Waals surface area contributed by atoms with Crippen LogP contribution in [0.25, 0.3) is 10.9 Å². The van der Waals surface area contributed by atoms with Crippen LogP contribution in [-0.2, 0) is 22.5 Å². The summed E-state index contributed by atoms with van der Waals surface area (Å²) < 4.78 is 11.6. The SMILES string of the molecule is COC(=O)CC(c1c(O)cc(C)oc1=O)c1cc2cccc3c2n(c1=O)CCC3. The number of pyridine rings is 1. The molecule has 1 N–H and O–H groups in total. The Morgan fingerprint density at radius 2 is 2.10 bits per heavy atom. The zero-order chi connectivity index (χ0) is 20.7. The van der Waals surface area contributed by atoms with Crippen LogP contribution in [-0.4, -0.2) is 22.8 Å². The largest absolute Gasteiger partial charge is 0.507 e. The molecule has 0 amide bonds. The number of aryl methyl sites for hydroxylation is 3. The van der Waals surface area contributed by atoms with Gasteiger partial charge in [0.25, 0.3) is 5.56 Å². The molecule has 150 valence electrons. The van der Waals surface area contributed by atoms with Crippen molar-refractivity contribution in [2.24, 2.45) is 0 Å². The highest BCUT2D eigenvalue weighted by Gasteiger charge is 2.30. The highest BCUT2D eigenvalue weighted by atomic mass is 16.5. The van der Waals surface area contributed by atoms with Gasteiger partial charge < -0.3 is 18.8 Å². The number of hydrogen-bond acceptors (Lipinski definition) is 6. The number of carbonyl (C=O) groups excluding carboxylic acids is 1. The Bertz CT molecular complexity index is 1240. The van der Waals surface area contributed by atoms with E-state index in [2.05, 4.69) is 0 Å². The van der Waals surface area contributed by atoms with Crippen LogP contribution in [0.15, 0.2) is 44.3 Å². The molecule has 0 fully saturated rings. The number of esters is 1. The lowest BCUT2D eigenvalue weighted by atomic mass is 9.88. The third-order valence-electron chi connectivity index (χ3n) is 5.46. The van der Waals surface area contributed by atoms with Crippen LogP contribution >= 0.6 is 0 Å². The first kappa shape index (κ1) is 19.0. The van der Waals surface area contributed by atoms with E-state index in [0.29, 0.717) is 6.54 Å². The normalized spacial score (nSPS) is 14.0. The van der Waals surface area contributed by atoms with E-state index in [1.807, 2.05) is 18.2 Å². The van der Waals surface area contributed by atoms with Crippen LogP contribution in [0.3, 0.4) is 0 Å². The molecule has 1 aliphatic heterocycles. The highest BCUT2D eigenvalue weighted by molar-refractivity contribution is 5.84. The molecule has 1 aliphatic rings. The smallest absolute Gasteiger partial charge is 0.343 e. The minimum atomic E-state index is -0.981. The molecule has 7 heteroatoms. The number of ether oxygens (including phenoxy) is 1. The minimum Gasteiger partial charge on any atom is -0.507 e. The molecule has 1 aromatic carbocycles. The summed E-state index contributed by atoms with van der Waals surface area (Å²) in [5.41, 5.74) is 1.07. The van der Waals surface area contributed by atoms with Crippen molar-refractivity contribution in [3.8, 4) is 5.75 Å². The van der Waals surface area contributed by atoms with E-state index in [0.717, 1.165) is 29.3 Å². The van der Waals surface area contributed by atoms with Gasteiger partial charge >= 0.3 is 11.6 Å². The van der Waals surface area contributed by atoms with Crippen molar-refractivity contribution in [1.82, 2.24) is 4.57 Å². The lowest BCUT2D eigenvalue weighted by molar-refractivity contribution is -0.140. The zero-order valence-electron chi connectivity index (χ0n) is 16.2. The first-order valence-electron chi connectivity index (χ1n) is 9.46. The van der Waals surface area contributed by atoms with Crippen LogP contribution in [0.5, 0.6) is 5.75 Å². The van der Waals surface area contributed by atoms with Gasteiger partial charge in [0.1, 0.15) is 11.5 Å². The molecule has 0 radical (unpaired) electrons. The van der Waals surface area contributed by atoms with Gasteiger partial charge in [-0.25, -0.2) is 4.79 Å². The van der Waals surface area contributed by atoms with Gasteiger partial charge in [-0.1, -0.05) is 18.2 Å². The average molecular weight is 395 g/mol. The number of aromatic nitrogens is 1. The van der Waals surface area contributed by atoms with Crippen LogP contribution in [0.1, 0.15) is 41.2 Å². The fraction of sp³-hybridized carbons (Fsp3) is 0.318. The summed E-state index contributed by atoms with van der Waals surface area (Å²) >= 11 is 0. The van der Waals surface area contributed by atoms with Gasteiger partial charge in [-0.3, -0.25) is 9.59 Å². The maximum Gasteiger partial charge on any atom is 0.343 e. The van der Waals surface area contributed by atoms with Crippen molar-refractivity contribution in [1.29, 1.82) is 0 Å². The molecule has 4 rings (SSSR count). The molecule has 3 aromatic rings. The number of rotatable bonds is 4. The number of nitrogens with zero attached hydrogens (tertiary/aromatic N) is 1. The van der Waals surface area contributed by atoms with Gasteiger partial charge in [0.2, 0.25) is 0 Å². The second kappa shape index (κ2) is 7.24. The van der Waals surface area contributed by atoms with Crippen LogP contribution < -0.4 is 11.2 Å². The maximum atomic E-state index is 13.4. The molecule has 2 aromatic heterocycles. The molecule has 0 aliphatic carbocycles. The van der Waals surface area contributed by atoms with E-state index in [-0.39, 0.29) is 34.6 Å². The van der Waals surface area contributed by atoms with Crippen molar-refractivity contribution in [2.45, 2.75) is 38.6 Å². The molecule has 1 atom stereocenters. The number of carbonyl (C=O) groups is 1. The molecule has 7 nitrogen and oxygen atoms in total. The summed E-state index contributed by atoms with van der Waals surface area (Å²) in [5, 5.41) is 11.3. The Morgan fingerprint density at radius 1 is 1.31 bits per heavy atom. The lowest BCUT2D eigenvalue weighted by Gasteiger charge is -2.23. The van der Waals surface area contributed by atoms with E-state index < -0.39 is 17.5 Å². The Hall–Kier alpha value is -3.35. The number of aromatic hydroxyl groups is 1. The summed E-state index contributed by atoms with van der Waals surface area (Å²) in [5.74, 6) is -1.64. The van der Waals surface area contributed by atoms with Gasteiger partial charge in [-0.15, -0.1) is 0 Å². The summed E-state index contributed by atoms with van der Waals surface area (Å²) in [7, 11) is 1.24. The second-order valence-electron chi connectivity index (χ2n) is 7.29. The third kappa shape index (κ3) is 3.22. The van der Waals surface area contributed by atoms with Crippen LogP contribution in [0.2, 0.25) is 0 Å². The molecule has 29 heavy (non-hydrogen) atoms. The Balaban J connectivity index is 2.01. The van der Waals surface area contributed by atoms with Gasteiger partial charge in [0, 0.05) is 24.1 Å². The second-order valence-corrected chi connectivity index (χ2v) is 7.29. The van der Waals surface area contributed by atoms with Crippen molar-refractivity contribution < 1.29 is 19.1 Å². The quantitative estimate of drug-likeness (QED) is 0.682. The van der Waals surface area contributed by atoms with Crippen molar-refractivity contribution >= 4 is 16.9 Å². The van der Waals surface area contributed by atoms with E-state index >= 15 is 0 Å². The van der Waals surface area contributed by atoms with E-state index in [9.17, 15) is 19.5 Å². The number of benzene rings is 1. The molecule has 0 saturated carbocycles. The first-order valence-corrected chi connectivity index (χ1v) is 9.46. The van der Waals surface area contributed by atoms with E-state index in [1.165, 1.54) is 20.1 Å².